The van der Waals surface area contributed by atoms with E-state index in [2.05, 4.69) is 29.5 Å². The Bertz CT molecular complexity index is 796. The van der Waals surface area contributed by atoms with E-state index in [1.807, 2.05) is 24.3 Å². The Morgan fingerprint density at radius 3 is 2.64 bits per heavy atom. The lowest BCUT2D eigenvalue weighted by Gasteiger charge is -2.24. The van der Waals surface area contributed by atoms with Gasteiger partial charge in [-0.3, -0.25) is 4.90 Å². The SMILES string of the molecule is CC(C)[C@@H]1CN(Cc2cc3ccccc3o2)C[C@H]1NS(=O)(=O)N(C)C. The molecule has 0 aliphatic carbocycles. The van der Waals surface area contributed by atoms with Crippen LogP contribution in [0.2, 0.25) is 0 Å². The third-order valence-electron chi connectivity index (χ3n) is 4.93. The average Bonchev–Trinajstić information content (AvgIpc) is 3.10. The lowest BCUT2D eigenvalue weighted by Crippen LogP contribution is -2.46. The third-order valence-corrected chi connectivity index (χ3v) is 6.50. The molecule has 2 heterocycles. The van der Waals surface area contributed by atoms with Gasteiger partial charge in [-0.05, 0) is 24.0 Å². The third kappa shape index (κ3) is 4.06. The number of furan rings is 1. The number of nitrogens with zero attached hydrogens (tertiary/aromatic N) is 2. The fraction of sp³-hybridized carbons (Fsp3) is 0.556. The number of para-hydroxylation sites is 1. The van der Waals surface area contributed by atoms with Crippen molar-refractivity contribution in [1.82, 2.24) is 13.9 Å². The molecule has 0 radical (unpaired) electrons. The van der Waals surface area contributed by atoms with Gasteiger partial charge in [0.05, 0.1) is 6.54 Å². The molecule has 1 fully saturated rings. The molecule has 1 saturated heterocycles. The highest BCUT2D eigenvalue weighted by atomic mass is 32.2. The van der Waals surface area contributed by atoms with Crippen molar-refractivity contribution in [3.8, 4) is 0 Å². The first-order chi connectivity index (χ1) is 11.8. The molecule has 0 amide bonds. The van der Waals surface area contributed by atoms with Gasteiger partial charge in [-0.25, -0.2) is 0 Å². The number of benzene rings is 1. The number of nitrogens with one attached hydrogen (secondary N) is 1. The largest absolute Gasteiger partial charge is 0.460 e. The predicted octanol–water partition coefficient (Wildman–Crippen LogP) is 2.29. The number of fused-ring (bicyclic) bond motifs is 1. The second-order valence-corrected chi connectivity index (χ2v) is 9.28. The van der Waals surface area contributed by atoms with Gasteiger partial charge in [0.15, 0.2) is 0 Å². The van der Waals surface area contributed by atoms with Crippen molar-refractivity contribution in [1.29, 1.82) is 0 Å². The molecular formula is C18H27N3O3S. The van der Waals surface area contributed by atoms with Crippen LogP contribution in [0.15, 0.2) is 34.7 Å². The molecule has 6 nitrogen and oxygen atoms in total. The predicted molar refractivity (Wildman–Crippen MR) is 99.3 cm³/mol. The summed E-state index contributed by atoms with van der Waals surface area (Å²) in [6.45, 7) is 6.53. The van der Waals surface area contributed by atoms with Crippen molar-refractivity contribution in [3.63, 3.8) is 0 Å². The Hall–Kier alpha value is -1.41. The van der Waals surface area contributed by atoms with Gasteiger partial charge in [-0.15, -0.1) is 0 Å². The van der Waals surface area contributed by atoms with E-state index >= 15 is 0 Å². The zero-order valence-corrected chi connectivity index (χ0v) is 16.1. The van der Waals surface area contributed by atoms with E-state index in [0.717, 1.165) is 23.3 Å². The van der Waals surface area contributed by atoms with Crippen LogP contribution >= 0.6 is 0 Å². The van der Waals surface area contributed by atoms with E-state index in [9.17, 15) is 8.42 Å². The summed E-state index contributed by atoms with van der Waals surface area (Å²) in [6.07, 6.45) is 0. The standard InChI is InChI=1S/C18H27N3O3S/c1-13(2)16-11-21(12-17(16)19-25(22,23)20(3)4)10-15-9-14-7-5-6-8-18(14)24-15/h5-9,13,16-17,19H,10-12H2,1-4H3/t16-,17+/m0/s1. The molecule has 25 heavy (non-hydrogen) atoms. The maximum Gasteiger partial charge on any atom is 0.279 e. The number of rotatable bonds is 6. The van der Waals surface area contributed by atoms with Crippen molar-refractivity contribution in [2.45, 2.75) is 26.4 Å². The Kier molecular flexibility index (Phi) is 5.20. The van der Waals surface area contributed by atoms with Gasteiger partial charge in [0.1, 0.15) is 11.3 Å². The fourth-order valence-corrected chi connectivity index (χ4v) is 4.32. The normalized spacial score (nSPS) is 22.5. The van der Waals surface area contributed by atoms with Crippen LogP contribution in [0.4, 0.5) is 0 Å². The van der Waals surface area contributed by atoms with Crippen molar-refractivity contribution >= 4 is 21.2 Å². The van der Waals surface area contributed by atoms with Crippen molar-refractivity contribution in [2.24, 2.45) is 11.8 Å². The molecule has 2 aromatic rings. The minimum atomic E-state index is -3.43. The number of likely N-dealkylation sites (tertiary alicyclic amines) is 1. The number of hydrogen-bond acceptors (Lipinski definition) is 4. The number of hydrogen-bond donors (Lipinski definition) is 1. The highest BCUT2D eigenvalue weighted by Gasteiger charge is 2.37. The maximum atomic E-state index is 12.2. The van der Waals surface area contributed by atoms with Gasteiger partial charge >= 0.3 is 0 Å². The maximum absolute atomic E-state index is 12.2. The first-order valence-electron chi connectivity index (χ1n) is 8.66. The molecule has 1 aromatic heterocycles. The van der Waals surface area contributed by atoms with Crippen LogP contribution in [0.3, 0.4) is 0 Å². The summed E-state index contributed by atoms with van der Waals surface area (Å²) in [5.41, 5.74) is 0.891. The van der Waals surface area contributed by atoms with Gasteiger partial charge in [0.2, 0.25) is 0 Å². The Labute approximate surface area is 150 Å². The lowest BCUT2D eigenvalue weighted by molar-refractivity contribution is 0.276. The Morgan fingerprint density at radius 2 is 2.00 bits per heavy atom. The molecule has 3 rings (SSSR count). The van der Waals surface area contributed by atoms with Crippen LogP contribution in [0.5, 0.6) is 0 Å². The first-order valence-corrected chi connectivity index (χ1v) is 10.1. The summed E-state index contributed by atoms with van der Waals surface area (Å²) in [4.78, 5) is 2.27. The fourth-order valence-electron chi connectivity index (χ4n) is 3.47. The molecule has 2 atom stereocenters. The lowest BCUT2D eigenvalue weighted by atomic mass is 9.92. The van der Waals surface area contributed by atoms with E-state index in [1.165, 1.54) is 4.31 Å². The van der Waals surface area contributed by atoms with Crippen LogP contribution in [-0.4, -0.2) is 50.8 Å². The Balaban J connectivity index is 1.73. The van der Waals surface area contributed by atoms with E-state index in [-0.39, 0.29) is 12.0 Å². The second kappa shape index (κ2) is 7.07. The van der Waals surface area contributed by atoms with Gasteiger partial charge in [-0.1, -0.05) is 32.0 Å². The van der Waals surface area contributed by atoms with Crippen LogP contribution in [0.1, 0.15) is 19.6 Å². The summed E-state index contributed by atoms with van der Waals surface area (Å²) < 4.78 is 34.4. The van der Waals surface area contributed by atoms with E-state index < -0.39 is 10.2 Å². The molecule has 7 heteroatoms. The molecule has 1 aliphatic rings. The summed E-state index contributed by atoms with van der Waals surface area (Å²) in [5, 5.41) is 1.10. The average molecular weight is 365 g/mol. The molecule has 0 bridgehead atoms. The minimum Gasteiger partial charge on any atom is -0.460 e. The summed E-state index contributed by atoms with van der Waals surface area (Å²) in [7, 11) is -0.333. The molecular weight excluding hydrogens is 338 g/mol. The van der Waals surface area contributed by atoms with Crippen molar-refractivity contribution < 1.29 is 12.8 Å². The van der Waals surface area contributed by atoms with E-state index in [0.29, 0.717) is 19.0 Å². The van der Waals surface area contributed by atoms with Crippen LogP contribution in [-0.2, 0) is 16.8 Å². The summed E-state index contributed by atoms with van der Waals surface area (Å²) >= 11 is 0. The van der Waals surface area contributed by atoms with Gasteiger partial charge in [0, 0.05) is 38.6 Å². The summed E-state index contributed by atoms with van der Waals surface area (Å²) in [6, 6.07) is 9.95. The molecule has 138 valence electrons. The second-order valence-electron chi connectivity index (χ2n) is 7.36. The molecule has 0 saturated carbocycles. The van der Waals surface area contributed by atoms with Crippen LogP contribution in [0.25, 0.3) is 11.0 Å². The molecule has 0 spiro atoms. The highest BCUT2D eigenvalue weighted by molar-refractivity contribution is 7.87. The van der Waals surface area contributed by atoms with E-state index in [4.69, 9.17) is 4.42 Å². The van der Waals surface area contributed by atoms with E-state index in [1.54, 1.807) is 14.1 Å². The molecule has 0 unspecified atom stereocenters. The van der Waals surface area contributed by atoms with Gasteiger partial charge in [-0.2, -0.15) is 17.4 Å². The van der Waals surface area contributed by atoms with Crippen molar-refractivity contribution in [3.05, 3.63) is 36.1 Å². The monoisotopic (exact) mass is 365 g/mol. The van der Waals surface area contributed by atoms with Crippen LogP contribution < -0.4 is 4.72 Å². The summed E-state index contributed by atoms with van der Waals surface area (Å²) in [5.74, 6) is 1.59. The smallest absolute Gasteiger partial charge is 0.279 e. The first kappa shape index (κ1) is 18.4. The zero-order valence-electron chi connectivity index (χ0n) is 15.3. The quantitative estimate of drug-likeness (QED) is 0.853. The van der Waals surface area contributed by atoms with Gasteiger partial charge < -0.3 is 4.42 Å². The van der Waals surface area contributed by atoms with Gasteiger partial charge in [0.25, 0.3) is 10.2 Å². The highest BCUT2D eigenvalue weighted by Crippen LogP contribution is 2.28. The zero-order chi connectivity index (χ0) is 18.2. The molecule has 1 aliphatic heterocycles. The van der Waals surface area contributed by atoms with Crippen LogP contribution in [0, 0.1) is 11.8 Å². The minimum absolute atomic E-state index is 0.0863. The molecule has 1 aromatic carbocycles. The molecule has 1 N–H and O–H groups in total. The Morgan fingerprint density at radius 1 is 1.28 bits per heavy atom. The van der Waals surface area contributed by atoms with Crippen molar-refractivity contribution in [2.75, 3.05) is 27.2 Å². The topological polar surface area (TPSA) is 65.8 Å².